The summed E-state index contributed by atoms with van der Waals surface area (Å²) in [5.41, 5.74) is 5.93. The zero-order chi connectivity index (χ0) is 23.2. The van der Waals surface area contributed by atoms with Gasteiger partial charge in [-0.15, -0.1) is 0 Å². The van der Waals surface area contributed by atoms with E-state index in [-0.39, 0.29) is 6.10 Å². The molecule has 2 N–H and O–H groups in total. The average molecular weight is 458 g/mol. The van der Waals surface area contributed by atoms with Crippen molar-refractivity contribution in [2.75, 3.05) is 0 Å². The molecule has 3 nitrogen and oxygen atoms in total. The van der Waals surface area contributed by atoms with Crippen LogP contribution >= 0.6 is 11.6 Å². The summed E-state index contributed by atoms with van der Waals surface area (Å²) in [6.45, 7) is 1.80. The van der Waals surface area contributed by atoms with Crippen molar-refractivity contribution in [3.8, 4) is 0 Å². The van der Waals surface area contributed by atoms with Gasteiger partial charge in [0.2, 0.25) is 0 Å². The summed E-state index contributed by atoms with van der Waals surface area (Å²) < 4.78 is 0. The molecule has 4 aromatic rings. The number of aryl methyl sites for hydroxylation is 1. The van der Waals surface area contributed by atoms with Crippen molar-refractivity contribution in [3.63, 3.8) is 0 Å². The molecule has 0 aliphatic heterocycles. The number of hydrogen-bond acceptors (Lipinski definition) is 3. The summed E-state index contributed by atoms with van der Waals surface area (Å²) in [6.07, 6.45) is 5.05. The number of rotatable bonds is 8. The standard InChI is InChI=1S/C29H28ClNO2/c1-20(32)17-24-7-3-2-6-22(24)12-16-29(33)25-8-4-5-21(18-25)9-14-27-15-11-23-10-13-26(30)19-28(23)31-27/h2-11,13-15,18-20,29,32-33H,12,16-17H2,1H3/t20?,29-/m0/s1. The summed E-state index contributed by atoms with van der Waals surface area (Å²) >= 11 is 6.09. The van der Waals surface area contributed by atoms with Crippen LogP contribution in [0.4, 0.5) is 0 Å². The highest BCUT2D eigenvalue weighted by Gasteiger charge is 2.11. The van der Waals surface area contributed by atoms with Gasteiger partial charge in [-0.05, 0) is 78.8 Å². The molecule has 1 unspecified atom stereocenters. The van der Waals surface area contributed by atoms with Crippen LogP contribution in [0, 0.1) is 0 Å². The molecule has 0 saturated carbocycles. The van der Waals surface area contributed by atoms with Crippen LogP contribution in [0.25, 0.3) is 23.1 Å². The second kappa shape index (κ2) is 10.8. The lowest BCUT2D eigenvalue weighted by atomic mass is 9.95. The predicted molar refractivity (Wildman–Crippen MR) is 137 cm³/mol. The molecule has 1 aromatic heterocycles. The van der Waals surface area contributed by atoms with E-state index in [1.807, 2.05) is 78.9 Å². The minimum absolute atomic E-state index is 0.381. The molecule has 0 bridgehead atoms. The summed E-state index contributed by atoms with van der Waals surface area (Å²) in [7, 11) is 0. The molecule has 0 aliphatic rings. The fourth-order valence-corrected chi connectivity index (χ4v) is 4.19. The van der Waals surface area contributed by atoms with E-state index in [1.54, 1.807) is 6.92 Å². The SMILES string of the molecule is CC(O)Cc1ccccc1CC[C@H](O)c1cccc(C=Cc2ccc3ccc(Cl)cc3n2)c1. The topological polar surface area (TPSA) is 53.4 Å². The molecule has 1 heterocycles. The second-order valence-electron chi connectivity index (χ2n) is 8.45. The number of benzene rings is 3. The Kier molecular flexibility index (Phi) is 7.56. The van der Waals surface area contributed by atoms with Gasteiger partial charge in [-0.3, -0.25) is 0 Å². The van der Waals surface area contributed by atoms with Crippen molar-refractivity contribution in [3.05, 3.63) is 112 Å². The van der Waals surface area contributed by atoms with Gasteiger partial charge in [0.05, 0.1) is 23.4 Å². The Bertz CT molecular complexity index is 1270. The number of pyridine rings is 1. The zero-order valence-corrected chi connectivity index (χ0v) is 19.4. The highest BCUT2D eigenvalue weighted by atomic mass is 35.5. The second-order valence-corrected chi connectivity index (χ2v) is 8.89. The van der Waals surface area contributed by atoms with Crippen LogP contribution < -0.4 is 0 Å². The fraction of sp³-hybridized carbons (Fsp3) is 0.207. The molecular weight excluding hydrogens is 430 g/mol. The number of halogens is 1. The maximum atomic E-state index is 10.8. The van der Waals surface area contributed by atoms with Crippen LogP contribution in [0.3, 0.4) is 0 Å². The first-order valence-electron chi connectivity index (χ1n) is 11.3. The Labute approximate surface area is 200 Å². The Morgan fingerprint density at radius 3 is 2.48 bits per heavy atom. The maximum Gasteiger partial charge on any atom is 0.0793 e. The van der Waals surface area contributed by atoms with Crippen LogP contribution in [0.1, 0.15) is 47.4 Å². The van der Waals surface area contributed by atoms with Gasteiger partial charge in [0.15, 0.2) is 0 Å². The smallest absolute Gasteiger partial charge is 0.0793 e. The molecule has 0 radical (unpaired) electrons. The monoisotopic (exact) mass is 457 g/mol. The van der Waals surface area contributed by atoms with Gasteiger partial charge in [0.1, 0.15) is 0 Å². The molecule has 2 atom stereocenters. The van der Waals surface area contributed by atoms with E-state index in [4.69, 9.17) is 11.6 Å². The van der Waals surface area contributed by atoms with Gasteiger partial charge in [-0.2, -0.15) is 0 Å². The van der Waals surface area contributed by atoms with Crippen LogP contribution in [0.2, 0.25) is 5.02 Å². The van der Waals surface area contributed by atoms with E-state index in [1.165, 1.54) is 5.56 Å². The molecule has 0 aliphatic carbocycles. The van der Waals surface area contributed by atoms with E-state index in [0.717, 1.165) is 39.7 Å². The fourth-order valence-electron chi connectivity index (χ4n) is 4.03. The maximum absolute atomic E-state index is 10.8. The molecule has 0 spiro atoms. The first-order chi connectivity index (χ1) is 16.0. The molecule has 4 heteroatoms. The van der Waals surface area contributed by atoms with E-state index < -0.39 is 6.10 Å². The molecule has 0 amide bonds. The van der Waals surface area contributed by atoms with Crippen molar-refractivity contribution in [2.24, 2.45) is 0 Å². The summed E-state index contributed by atoms with van der Waals surface area (Å²) in [4.78, 5) is 4.66. The first kappa shape index (κ1) is 23.2. The molecule has 33 heavy (non-hydrogen) atoms. The average Bonchev–Trinajstić information content (AvgIpc) is 2.81. The van der Waals surface area contributed by atoms with Gasteiger partial charge in [0.25, 0.3) is 0 Å². The van der Waals surface area contributed by atoms with Gasteiger partial charge in [0, 0.05) is 10.4 Å². The van der Waals surface area contributed by atoms with Crippen LogP contribution in [0.15, 0.2) is 78.9 Å². The molecule has 168 valence electrons. The number of aliphatic hydroxyl groups excluding tert-OH is 2. The molecular formula is C29H28ClNO2. The van der Waals surface area contributed by atoms with E-state index in [0.29, 0.717) is 17.9 Å². The quantitative estimate of drug-likeness (QED) is 0.311. The van der Waals surface area contributed by atoms with Crippen LogP contribution in [-0.4, -0.2) is 21.3 Å². The highest BCUT2D eigenvalue weighted by Crippen LogP contribution is 2.23. The van der Waals surface area contributed by atoms with Crippen molar-refractivity contribution in [1.29, 1.82) is 0 Å². The zero-order valence-electron chi connectivity index (χ0n) is 18.7. The Morgan fingerprint density at radius 2 is 1.67 bits per heavy atom. The lowest BCUT2D eigenvalue weighted by Gasteiger charge is -2.15. The van der Waals surface area contributed by atoms with Crippen molar-refractivity contribution in [1.82, 2.24) is 4.98 Å². The largest absolute Gasteiger partial charge is 0.393 e. The van der Waals surface area contributed by atoms with E-state index in [2.05, 4.69) is 17.1 Å². The van der Waals surface area contributed by atoms with Crippen molar-refractivity contribution < 1.29 is 10.2 Å². The van der Waals surface area contributed by atoms with Crippen molar-refractivity contribution in [2.45, 2.75) is 38.4 Å². The van der Waals surface area contributed by atoms with Gasteiger partial charge < -0.3 is 10.2 Å². The van der Waals surface area contributed by atoms with E-state index >= 15 is 0 Å². The van der Waals surface area contributed by atoms with Crippen LogP contribution in [-0.2, 0) is 12.8 Å². The molecule has 3 aromatic carbocycles. The first-order valence-corrected chi connectivity index (χ1v) is 11.6. The Hall–Kier alpha value is -2.98. The lowest BCUT2D eigenvalue weighted by Crippen LogP contribution is -2.08. The third kappa shape index (κ3) is 6.29. The third-order valence-electron chi connectivity index (χ3n) is 5.74. The number of aliphatic hydroxyl groups is 2. The summed E-state index contributed by atoms with van der Waals surface area (Å²) in [6, 6.07) is 25.8. The molecule has 0 fully saturated rings. The number of nitrogens with zero attached hydrogens (tertiary/aromatic N) is 1. The van der Waals surface area contributed by atoms with Gasteiger partial charge in [-0.1, -0.05) is 72.3 Å². The number of fused-ring (bicyclic) bond motifs is 1. The lowest BCUT2D eigenvalue weighted by molar-refractivity contribution is 0.167. The molecule has 4 rings (SSSR count). The molecule has 0 saturated heterocycles. The van der Waals surface area contributed by atoms with Gasteiger partial charge in [-0.25, -0.2) is 4.98 Å². The highest BCUT2D eigenvalue weighted by molar-refractivity contribution is 6.31. The van der Waals surface area contributed by atoms with Gasteiger partial charge >= 0.3 is 0 Å². The third-order valence-corrected chi connectivity index (χ3v) is 5.97. The normalized spacial score (nSPS) is 13.5. The predicted octanol–water partition coefficient (Wildman–Crippen LogP) is 6.65. The summed E-state index contributed by atoms with van der Waals surface area (Å²) in [5, 5.41) is 22.3. The van der Waals surface area contributed by atoms with E-state index in [9.17, 15) is 10.2 Å². The minimum Gasteiger partial charge on any atom is -0.393 e. The Balaban J connectivity index is 1.44. The number of aromatic nitrogens is 1. The minimum atomic E-state index is -0.557. The van der Waals surface area contributed by atoms with Crippen molar-refractivity contribution >= 4 is 34.7 Å². The number of hydrogen-bond donors (Lipinski definition) is 2. The Morgan fingerprint density at radius 1 is 0.879 bits per heavy atom. The van der Waals surface area contributed by atoms with Crippen LogP contribution in [0.5, 0.6) is 0 Å². The summed E-state index contributed by atoms with van der Waals surface area (Å²) in [5.74, 6) is 0.